The minimum absolute atomic E-state index is 0.0916. The van der Waals surface area contributed by atoms with Crippen LogP contribution in [0.4, 0.5) is 0 Å². The molecule has 1 aromatic rings. The van der Waals surface area contributed by atoms with E-state index in [1.54, 1.807) is 0 Å². The van der Waals surface area contributed by atoms with Crippen molar-refractivity contribution < 1.29 is 9.47 Å². The Hall–Kier alpha value is -1.06. The Kier molecular flexibility index (Phi) is 4.48. The van der Waals surface area contributed by atoms with Crippen LogP contribution in [0.1, 0.15) is 32.8 Å². The summed E-state index contributed by atoms with van der Waals surface area (Å²) in [4.78, 5) is 0. The van der Waals surface area contributed by atoms with Crippen LogP contribution < -0.4 is 10.1 Å². The Morgan fingerprint density at radius 3 is 2.79 bits per heavy atom. The topological polar surface area (TPSA) is 30.5 Å². The van der Waals surface area contributed by atoms with Gasteiger partial charge in [0.15, 0.2) is 0 Å². The van der Waals surface area contributed by atoms with Crippen molar-refractivity contribution >= 4 is 0 Å². The molecule has 1 N–H and O–H groups in total. The van der Waals surface area contributed by atoms with Crippen LogP contribution in [0.15, 0.2) is 24.3 Å². The lowest BCUT2D eigenvalue weighted by molar-refractivity contribution is -0.0129. The predicted molar refractivity (Wildman–Crippen MR) is 77.8 cm³/mol. The highest BCUT2D eigenvalue weighted by molar-refractivity contribution is 5.32. The summed E-state index contributed by atoms with van der Waals surface area (Å²) in [6.07, 6.45) is 1.09. The molecule has 106 valence electrons. The normalized spacial score (nSPS) is 24.2. The van der Waals surface area contributed by atoms with Crippen LogP contribution in [-0.4, -0.2) is 32.4 Å². The second-order valence-corrected chi connectivity index (χ2v) is 6.19. The lowest BCUT2D eigenvalue weighted by atomic mass is 9.87. The zero-order chi connectivity index (χ0) is 13.9. The van der Waals surface area contributed by atoms with E-state index >= 15 is 0 Å². The summed E-state index contributed by atoms with van der Waals surface area (Å²) in [5, 5.41) is 3.31. The van der Waals surface area contributed by atoms with Gasteiger partial charge in [-0.3, -0.25) is 0 Å². The Morgan fingerprint density at radius 1 is 1.32 bits per heavy atom. The Labute approximate surface area is 116 Å². The van der Waals surface area contributed by atoms with Crippen LogP contribution in [0.2, 0.25) is 0 Å². The molecule has 0 radical (unpaired) electrons. The van der Waals surface area contributed by atoms with Crippen molar-refractivity contribution in [1.29, 1.82) is 0 Å². The van der Waals surface area contributed by atoms with E-state index in [1.807, 2.05) is 13.1 Å². The predicted octanol–water partition coefficient (Wildman–Crippen LogP) is 2.74. The first kappa shape index (κ1) is 14.4. The molecule has 2 rings (SSSR count). The van der Waals surface area contributed by atoms with Gasteiger partial charge in [0, 0.05) is 12.6 Å². The molecule has 3 nitrogen and oxygen atoms in total. The zero-order valence-electron chi connectivity index (χ0n) is 12.4. The standard InChI is InChI=1S/C16H25NO2/c1-16(2,3)12-6-5-7-13(10-12)19-15-11-18-9-8-14(15)17-4/h5-7,10,14-15,17H,8-9,11H2,1-4H3. The first-order chi connectivity index (χ1) is 9.00. The Balaban J connectivity index is 2.10. The number of benzene rings is 1. The number of likely N-dealkylation sites (N-methyl/N-ethyl adjacent to an activating group) is 1. The van der Waals surface area contributed by atoms with Crippen molar-refractivity contribution in [3.05, 3.63) is 29.8 Å². The maximum Gasteiger partial charge on any atom is 0.137 e. The monoisotopic (exact) mass is 263 g/mol. The van der Waals surface area contributed by atoms with Crippen molar-refractivity contribution in [1.82, 2.24) is 5.32 Å². The van der Waals surface area contributed by atoms with Gasteiger partial charge in [0.2, 0.25) is 0 Å². The summed E-state index contributed by atoms with van der Waals surface area (Å²) in [6, 6.07) is 8.75. The highest BCUT2D eigenvalue weighted by atomic mass is 16.5. The van der Waals surface area contributed by atoms with E-state index in [-0.39, 0.29) is 11.5 Å². The molecule has 1 aliphatic rings. The van der Waals surface area contributed by atoms with E-state index in [2.05, 4.69) is 44.3 Å². The molecule has 1 aliphatic heterocycles. The van der Waals surface area contributed by atoms with Gasteiger partial charge in [-0.1, -0.05) is 32.9 Å². The minimum atomic E-state index is 0.0916. The quantitative estimate of drug-likeness (QED) is 0.909. The third-order valence-corrected chi connectivity index (χ3v) is 3.66. The van der Waals surface area contributed by atoms with E-state index in [0.29, 0.717) is 12.6 Å². The Morgan fingerprint density at radius 2 is 2.11 bits per heavy atom. The highest BCUT2D eigenvalue weighted by Gasteiger charge is 2.26. The van der Waals surface area contributed by atoms with Crippen LogP contribution in [0.5, 0.6) is 5.75 Å². The summed E-state index contributed by atoms with van der Waals surface area (Å²) in [6.45, 7) is 8.11. The molecule has 0 saturated carbocycles. The van der Waals surface area contributed by atoms with Gasteiger partial charge in [-0.25, -0.2) is 0 Å². The second kappa shape index (κ2) is 5.93. The fraction of sp³-hybridized carbons (Fsp3) is 0.625. The average molecular weight is 263 g/mol. The minimum Gasteiger partial charge on any atom is -0.486 e. The van der Waals surface area contributed by atoms with Crippen LogP contribution in [0, 0.1) is 0 Å². The van der Waals surface area contributed by atoms with Crippen LogP contribution in [0.25, 0.3) is 0 Å². The fourth-order valence-electron chi connectivity index (χ4n) is 2.37. The number of nitrogens with one attached hydrogen (secondary N) is 1. The number of rotatable bonds is 3. The maximum atomic E-state index is 6.11. The third kappa shape index (κ3) is 3.71. The summed E-state index contributed by atoms with van der Waals surface area (Å²) in [7, 11) is 1.98. The first-order valence-electron chi connectivity index (χ1n) is 7.03. The highest BCUT2D eigenvalue weighted by Crippen LogP contribution is 2.26. The van der Waals surface area contributed by atoms with Gasteiger partial charge in [0.1, 0.15) is 11.9 Å². The SMILES string of the molecule is CNC1CCOCC1Oc1cccc(C(C)(C)C)c1. The molecule has 0 spiro atoms. The molecule has 1 aromatic carbocycles. The summed E-state index contributed by atoms with van der Waals surface area (Å²) >= 11 is 0. The largest absolute Gasteiger partial charge is 0.486 e. The van der Waals surface area contributed by atoms with Gasteiger partial charge in [-0.2, -0.15) is 0 Å². The molecule has 1 fully saturated rings. The number of hydrogen-bond acceptors (Lipinski definition) is 3. The number of ether oxygens (including phenoxy) is 2. The van der Waals surface area contributed by atoms with E-state index in [0.717, 1.165) is 18.8 Å². The van der Waals surface area contributed by atoms with Crippen molar-refractivity contribution in [2.24, 2.45) is 0 Å². The molecular weight excluding hydrogens is 238 g/mol. The van der Waals surface area contributed by atoms with Crippen molar-refractivity contribution in [2.45, 2.75) is 44.8 Å². The van der Waals surface area contributed by atoms with Crippen molar-refractivity contribution in [3.63, 3.8) is 0 Å². The lowest BCUT2D eigenvalue weighted by Crippen LogP contribution is -2.48. The van der Waals surface area contributed by atoms with Gasteiger partial charge < -0.3 is 14.8 Å². The molecule has 0 bridgehead atoms. The average Bonchev–Trinajstić information content (AvgIpc) is 2.39. The van der Waals surface area contributed by atoms with Gasteiger partial charge in [0.05, 0.1) is 6.61 Å². The molecule has 2 atom stereocenters. The maximum absolute atomic E-state index is 6.11. The van der Waals surface area contributed by atoms with Gasteiger partial charge in [0.25, 0.3) is 0 Å². The lowest BCUT2D eigenvalue weighted by Gasteiger charge is -2.32. The smallest absolute Gasteiger partial charge is 0.137 e. The fourth-order valence-corrected chi connectivity index (χ4v) is 2.37. The molecule has 2 unspecified atom stereocenters. The molecule has 1 heterocycles. The molecule has 0 aromatic heterocycles. The Bertz CT molecular complexity index is 411. The second-order valence-electron chi connectivity index (χ2n) is 6.19. The van der Waals surface area contributed by atoms with Gasteiger partial charge in [-0.05, 0) is 36.6 Å². The zero-order valence-corrected chi connectivity index (χ0v) is 12.4. The summed E-state index contributed by atoms with van der Waals surface area (Å²) in [5.74, 6) is 0.933. The molecule has 1 saturated heterocycles. The number of hydrogen-bond donors (Lipinski definition) is 1. The van der Waals surface area contributed by atoms with Crippen LogP contribution in [-0.2, 0) is 10.2 Å². The molecule has 3 heteroatoms. The first-order valence-corrected chi connectivity index (χ1v) is 7.03. The molecular formula is C16H25NO2. The van der Waals surface area contributed by atoms with Gasteiger partial charge in [-0.15, -0.1) is 0 Å². The van der Waals surface area contributed by atoms with E-state index in [4.69, 9.17) is 9.47 Å². The van der Waals surface area contributed by atoms with Gasteiger partial charge >= 0.3 is 0 Å². The summed E-state index contributed by atoms with van der Waals surface area (Å²) in [5.41, 5.74) is 1.44. The third-order valence-electron chi connectivity index (χ3n) is 3.66. The molecule has 0 aliphatic carbocycles. The molecule has 0 amide bonds. The summed E-state index contributed by atoms with van der Waals surface area (Å²) < 4.78 is 11.6. The van der Waals surface area contributed by atoms with Crippen molar-refractivity contribution in [2.75, 3.05) is 20.3 Å². The van der Waals surface area contributed by atoms with Crippen LogP contribution in [0.3, 0.4) is 0 Å². The molecule has 19 heavy (non-hydrogen) atoms. The van der Waals surface area contributed by atoms with E-state index < -0.39 is 0 Å². The van der Waals surface area contributed by atoms with Crippen LogP contribution >= 0.6 is 0 Å². The van der Waals surface area contributed by atoms with E-state index in [1.165, 1.54) is 5.56 Å². The van der Waals surface area contributed by atoms with Crippen molar-refractivity contribution in [3.8, 4) is 5.75 Å². The van der Waals surface area contributed by atoms with E-state index in [9.17, 15) is 0 Å².